The van der Waals surface area contributed by atoms with Crippen molar-refractivity contribution in [2.24, 2.45) is 4.99 Å². The van der Waals surface area contributed by atoms with Gasteiger partial charge in [-0.2, -0.15) is 0 Å². The van der Waals surface area contributed by atoms with Crippen molar-refractivity contribution >= 4 is 33.0 Å². The normalized spacial score (nSPS) is 15.3. The summed E-state index contributed by atoms with van der Waals surface area (Å²) in [5.74, 6) is 0.499. The number of anilines is 1. The minimum absolute atomic E-state index is 0.0219. The molecule has 3 aromatic carbocycles. The van der Waals surface area contributed by atoms with Crippen LogP contribution in [0, 0.1) is 0 Å². The Kier molecular flexibility index (Phi) is 4.29. The molecule has 150 valence electrons. The fourth-order valence-electron chi connectivity index (χ4n) is 3.40. The fraction of sp³-hybridized carbons (Fsp3) is 0.0909. The highest BCUT2D eigenvalue weighted by Crippen LogP contribution is 2.34. The second-order valence-electron chi connectivity index (χ2n) is 6.91. The van der Waals surface area contributed by atoms with E-state index < -0.39 is 10.0 Å². The molecule has 7 nitrogen and oxygen atoms in total. The van der Waals surface area contributed by atoms with Crippen LogP contribution >= 0.6 is 0 Å². The molecule has 0 fully saturated rings. The number of hydrogen-bond donors (Lipinski definition) is 1. The predicted octanol–water partition coefficient (Wildman–Crippen LogP) is 3.96. The molecule has 0 saturated heterocycles. The van der Waals surface area contributed by atoms with Crippen molar-refractivity contribution < 1.29 is 13.2 Å². The Balaban J connectivity index is 1.46. The average molecular weight is 418 g/mol. The lowest BCUT2D eigenvalue weighted by molar-refractivity contribution is 0.408. The van der Waals surface area contributed by atoms with Crippen molar-refractivity contribution in [3.8, 4) is 11.4 Å². The second-order valence-corrected chi connectivity index (χ2v) is 8.59. The number of ether oxygens (including phenoxy) is 1. The molecule has 2 heterocycles. The molecule has 0 saturated carbocycles. The van der Waals surface area contributed by atoms with Crippen molar-refractivity contribution in [1.82, 2.24) is 9.55 Å². The zero-order chi connectivity index (χ0) is 20.7. The van der Waals surface area contributed by atoms with Gasteiger partial charge in [-0.05, 0) is 36.4 Å². The van der Waals surface area contributed by atoms with E-state index in [1.54, 1.807) is 42.9 Å². The Morgan fingerprint density at radius 2 is 1.87 bits per heavy atom. The van der Waals surface area contributed by atoms with Gasteiger partial charge in [0.1, 0.15) is 18.1 Å². The lowest BCUT2D eigenvalue weighted by Gasteiger charge is -2.13. The van der Waals surface area contributed by atoms with Gasteiger partial charge in [0.2, 0.25) is 0 Å². The first-order chi connectivity index (χ1) is 14.5. The van der Waals surface area contributed by atoms with Crippen LogP contribution in [0.4, 0.5) is 5.69 Å². The van der Waals surface area contributed by atoms with Crippen LogP contribution in [-0.2, 0) is 10.0 Å². The van der Waals surface area contributed by atoms with Crippen LogP contribution < -0.4 is 9.46 Å². The van der Waals surface area contributed by atoms with Gasteiger partial charge in [-0.3, -0.25) is 14.3 Å². The zero-order valence-corrected chi connectivity index (χ0v) is 16.9. The molecule has 30 heavy (non-hydrogen) atoms. The van der Waals surface area contributed by atoms with Gasteiger partial charge in [0.15, 0.2) is 0 Å². The summed E-state index contributed by atoms with van der Waals surface area (Å²) in [7, 11) is -2.27. The zero-order valence-electron chi connectivity index (χ0n) is 16.1. The molecule has 1 unspecified atom stereocenters. The third kappa shape index (κ3) is 3.31. The van der Waals surface area contributed by atoms with Crippen molar-refractivity contribution in [2.45, 2.75) is 10.9 Å². The smallest absolute Gasteiger partial charge is 0.262 e. The summed E-state index contributed by atoms with van der Waals surface area (Å²) in [6, 6.07) is 19.8. The fourth-order valence-corrected chi connectivity index (χ4v) is 4.47. The summed E-state index contributed by atoms with van der Waals surface area (Å²) in [5, 5.41) is 0. The van der Waals surface area contributed by atoms with Gasteiger partial charge in [-0.15, -0.1) is 0 Å². The van der Waals surface area contributed by atoms with Gasteiger partial charge in [-0.25, -0.2) is 13.4 Å². The minimum atomic E-state index is -3.79. The van der Waals surface area contributed by atoms with Crippen LogP contribution in [0.3, 0.4) is 0 Å². The molecule has 1 N–H and O–H groups in total. The number of benzene rings is 3. The predicted molar refractivity (Wildman–Crippen MR) is 116 cm³/mol. The quantitative estimate of drug-likeness (QED) is 0.514. The maximum Gasteiger partial charge on any atom is 0.262 e. The first kappa shape index (κ1) is 18.4. The van der Waals surface area contributed by atoms with Crippen molar-refractivity contribution in [3.63, 3.8) is 0 Å². The van der Waals surface area contributed by atoms with Crippen molar-refractivity contribution in [3.05, 3.63) is 78.6 Å². The van der Waals surface area contributed by atoms with E-state index in [1.165, 1.54) is 13.2 Å². The van der Waals surface area contributed by atoms with E-state index in [2.05, 4.69) is 14.7 Å². The molecular weight excluding hydrogens is 400 g/mol. The number of fused-ring (bicyclic) bond motifs is 1. The van der Waals surface area contributed by atoms with Crippen molar-refractivity contribution in [1.29, 1.82) is 0 Å². The monoisotopic (exact) mass is 418 g/mol. The van der Waals surface area contributed by atoms with E-state index in [9.17, 15) is 8.42 Å². The van der Waals surface area contributed by atoms with Crippen LogP contribution in [0.5, 0.6) is 5.75 Å². The maximum atomic E-state index is 13.0. The first-order valence-corrected chi connectivity index (χ1v) is 10.8. The lowest BCUT2D eigenvalue weighted by atomic mass is 10.1. The number of imidazole rings is 1. The number of aliphatic imine (C=N–C) groups is 1. The number of rotatable bonds is 6. The molecule has 0 bridgehead atoms. The molecule has 1 aliphatic heterocycles. The standard InChI is InChI=1S/C22H18N4O3S/c1-29-22-12-17(9-10-18(22)20-13-23-20)30(27,28)25-15-5-4-6-16(11-15)26-14-24-19-7-2-3-8-21(19)26/h2-14,20,25H,1H3. The lowest BCUT2D eigenvalue weighted by Crippen LogP contribution is -2.13. The van der Waals surface area contributed by atoms with Crippen molar-refractivity contribution in [2.75, 3.05) is 11.8 Å². The Bertz CT molecular complexity index is 1390. The topological polar surface area (TPSA) is 85.6 Å². The average Bonchev–Trinajstić information content (AvgIpc) is 3.51. The molecular formula is C22H18N4O3S. The Hall–Kier alpha value is -3.65. The summed E-state index contributed by atoms with van der Waals surface area (Å²) < 4.78 is 35.8. The van der Waals surface area contributed by atoms with Crippen LogP contribution in [0.2, 0.25) is 0 Å². The highest BCUT2D eigenvalue weighted by atomic mass is 32.2. The molecule has 1 aliphatic rings. The molecule has 8 heteroatoms. The van der Waals surface area contributed by atoms with Crippen LogP contribution in [0.1, 0.15) is 11.6 Å². The van der Waals surface area contributed by atoms with Crippen LogP contribution in [-0.4, -0.2) is 31.3 Å². The van der Waals surface area contributed by atoms with Crippen LogP contribution in [0.15, 0.2) is 82.9 Å². The van der Waals surface area contributed by atoms with Gasteiger partial charge >= 0.3 is 0 Å². The SMILES string of the molecule is COc1cc(S(=O)(=O)Nc2cccc(-n3cnc4ccccc43)c2)ccc1C1C=N1. The maximum absolute atomic E-state index is 13.0. The minimum Gasteiger partial charge on any atom is -0.496 e. The number of hydrogen-bond acceptors (Lipinski definition) is 5. The number of nitrogens with zero attached hydrogens (tertiary/aromatic N) is 3. The number of sulfonamides is 1. The summed E-state index contributed by atoms with van der Waals surface area (Å²) >= 11 is 0. The van der Waals surface area contributed by atoms with Gasteiger partial charge in [0.25, 0.3) is 10.0 Å². The van der Waals surface area contributed by atoms with E-state index in [0.29, 0.717) is 11.4 Å². The highest BCUT2D eigenvalue weighted by molar-refractivity contribution is 7.92. The molecule has 5 rings (SSSR count). The number of nitrogens with one attached hydrogen (secondary N) is 1. The van der Waals surface area contributed by atoms with E-state index in [4.69, 9.17) is 4.74 Å². The Morgan fingerprint density at radius 1 is 1.03 bits per heavy atom. The molecule has 0 aliphatic carbocycles. The van der Waals surface area contributed by atoms with Gasteiger partial charge in [0.05, 0.1) is 28.7 Å². The summed E-state index contributed by atoms with van der Waals surface area (Å²) in [5.41, 5.74) is 3.93. The van der Waals surface area contributed by atoms with Crippen LogP contribution in [0.25, 0.3) is 16.7 Å². The van der Waals surface area contributed by atoms with E-state index in [1.807, 2.05) is 34.9 Å². The number of aromatic nitrogens is 2. The Labute approximate surface area is 173 Å². The van der Waals surface area contributed by atoms with Gasteiger partial charge < -0.3 is 4.74 Å². The molecule has 4 aromatic rings. The number of para-hydroxylation sites is 2. The molecule has 1 aromatic heterocycles. The summed E-state index contributed by atoms with van der Waals surface area (Å²) in [6.45, 7) is 0. The largest absolute Gasteiger partial charge is 0.496 e. The van der Waals surface area contributed by atoms with E-state index >= 15 is 0 Å². The second kappa shape index (κ2) is 7.00. The van der Waals surface area contributed by atoms with E-state index in [0.717, 1.165) is 22.3 Å². The van der Waals surface area contributed by atoms with E-state index in [-0.39, 0.29) is 10.9 Å². The highest BCUT2D eigenvalue weighted by Gasteiger charge is 2.23. The van der Waals surface area contributed by atoms with Gasteiger partial charge in [0, 0.05) is 23.5 Å². The first-order valence-electron chi connectivity index (χ1n) is 9.32. The molecule has 0 amide bonds. The summed E-state index contributed by atoms with van der Waals surface area (Å²) in [6.07, 6.45) is 3.51. The third-order valence-electron chi connectivity index (χ3n) is 4.96. The molecule has 1 atom stereocenters. The Morgan fingerprint density at radius 3 is 2.67 bits per heavy atom. The van der Waals surface area contributed by atoms with Gasteiger partial charge in [-0.1, -0.05) is 24.3 Å². The molecule has 0 radical (unpaired) electrons. The summed E-state index contributed by atoms with van der Waals surface area (Å²) in [4.78, 5) is 8.64. The molecule has 0 spiro atoms. The number of methoxy groups -OCH3 is 1. The third-order valence-corrected chi connectivity index (χ3v) is 6.34.